The number of hydrogen-bond donors (Lipinski definition) is 1. The van der Waals surface area contributed by atoms with Gasteiger partial charge in [0.05, 0.1) is 18.7 Å². The van der Waals surface area contributed by atoms with Crippen molar-refractivity contribution >= 4 is 27.7 Å². The lowest BCUT2D eigenvalue weighted by atomic mass is 10.2. The van der Waals surface area contributed by atoms with Crippen molar-refractivity contribution in [1.29, 1.82) is 5.26 Å². The number of nitriles is 1. The molecule has 27 heavy (non-hydrogen) atoms. The third kappa shape index (κ3) is 4.94. The van der Waals surface area contributed by atoms with Crippen LogP contribution in [0.5, 0.6) is 5.75 Å². The molecular weight excluding hydrogens is 366 g/mol. The summed E-state index contributed by atoms with van der Waals surface area (Å²) in [4.78, 5) is 12.1. The van der Waals surface area contributed by atoms with E-state index in [2.05, 4.69) is 5.32 Å². The molecule has 0 saturated carbocycles. The van der Waals surface area contributed by atoms with Gasteiger partial charge >= 0.3 is 0 Å². The van der Waals surface area contributed by atoms with Crippen molar-refractivity contribution in [2.45, 2.75) is 4.90 Å². The lowest BCUT2D eigenvalue weighted by Gasteiger charge is -2.15. The second-order valence-corrected chi connectivity index (χ2v) is 7.83. The fourth-order valence-corrected chi connectivity index (χ4v) is 3.30. The molecule has 1 N–H and O–H groups in total. The van der Waals surface area contributed by atoms with Gasteiger partial charge in [-0.1, -0.05) is 12.1 Å². The largest absolute Gasteiger partial charge is 0.495 e. The molecule has 0 aromatic heterocycles. The highest BCUT2D eigenvalue weighted by Gasteiger charge is 2.22. The predicted octanol–water partition coefficient (Wildman–Crippen LogP) is 2.47. The van der Waals surface area contributed by atoms with Crippen LogP contribution in [-0.2, 0) is 14.8 Å². The summed E-state index contributed by atoms with van der Waals surface area (Å²) in [5.41, 5.74) is 1.46. The van der Waals surface area contributed by atoms with Crippen LogP contribution in [0.15, 0.2) is 53.4 Å². The number of rotatable bonds is 6. The number of carbonyl (C=O) groups is 1. The smallest absolute Gasteiger partial charge is 0.248 e. The van der Waals surface area contributed by atoms with Crippen molar-refractivity contribution in [3.63, 3.8) is 0 Å². The number of nitrogens with zero attached hydrogens (tertiary/aromatic N) is 2. The van der Waals surface area contributed by atoms with Crippen LogP contribution in [0.3, 0.4) is 0 Å². The Morgan fingerprint density at radius 1 is 1.22 bits per heavy atom. The first-order valence-electron chi connectivity index (χ1n) is 7.87. The predicted molar refractivity (Wildman–Crippen MR) is 103 cm³/mol. The minimum absolute atomic E-state index is 0.0132. The van der Waals surface area contributed by atoms with Crippen molar-refractivity contribution in [3.8, 4) is 11.8 Å². The molecule has 0 unspecified atom stereocenters. The third-order valence-electron chi connectivity index (χ3n) is 3.63. The van der Waals surface area contributed by atoms with E-state index in [1.54, 1.807) is 30.3 Å². The van der Waals surface area contributed by atoms with Crippen molar-refractivity contribution in [2.75, 3.05) is 26.5 Å². The monoisotopic (exact) mass is 385 g/mol. The van der Waals surface area contributed by atoms with Crippen molar-refractivity contribution < 1.29 is 17.9 Å². The first-order chi connectivity index (χ1) is 12.8. The number of hydrogen-bond acceptors (Lipinski definition) is 5. The molecule has 2 aromatic carbocycles. The fourth-order valence-electron chi connectivity index (χ4n) is 2.22. The normalized spacial score (nSPS) is 11.4. The molecule has 0 radical (unpaired) electrons. The Labute approximate surface area is 158 Å². The molecule has 0 fully saturated rings. The van der Waals surface area contributed by atoms with Gasteiger partial charge in [-0.25, -0.2) is 12.7 Å². The zero-order valence-corrected chi connectivity index (χ0v) is 15.9. The second-order valence-electron chi connectivity index (χ2n) is 5.71. The summed E-state index contributed by atoms with van der Waals surface area (Å²) in [7, 11) is 0.559. The van der Waals surface area contributed by atoms with Gasteiger partial charge in [0, 0.05) is 25.9 Å². The molecule has 140 valence electrons. The van der Waals surface area contributed by atoms with E-state index in [0.717, 1.165) is 4.31 Å². The van der Waals surface area contributed by atoms with Crippen LogP contribution in [0, 0.1) is 11.3 Å². The van der Waals surface area contributed by atoms with E-state index in [-0.39, 0.29) is 10.6 Å². The average Bonchev–Trinajstić information content (AvgIpc) is 2.66. The minimum Gasteiger partial charge on any atom is -0.495 e. The molecule has 2 rings (SSSR count). The molecule has 0 atom stereocenters. The first-order valence-corrected chi connectivity index (χ1v) is 9.31. The van der Waals surface area contributed by atoms with E-state index >= 15 is 0 Å². The molecule has 8 heteroatoms. The first kappa shape index (κ1) is 20.2. The van der Waals surface area contributed by atoms with E-state index in [0.29, 0.717) is 16.8 Å². The van der Waals surface area contributed by atoms with Crippen LogP contribution in [-0.4, -0.2) is 39.8 Å². The zero-order chi connectivity index (χ0) is 20.0. The SMILES string of the molecule is COc1ccc(/C=C/C(=O)Nc2cccc(C#N)c2)cc1S(=O)(=O)N(C)C. The van der Waals surface area contributed by atoms with Gasteiger partial charge < -0.3 is 10.1 Å². The molecule has 0 aliphatic heterocycles. The highest BCUT2D eigenvalue weighted by molar-refractivity contribution is 7.89. The van der Waals surface area contributed by atoms with Crippen molar-refractivity contribution in [1.82, 2.24) is 4.31 Å². The van der Waals surface area contributed by atoms with Gasteiger partial charge in [0.25, 0.3) is 0 Å². The summed E-state index contributed by atoms with van der Waals surface area (Å²) in [5.74, 6) is -0.184. The Bertz CT molecular complexity index is 1020. The molecular formula is C19H19N3O4S. The van der Waals surface area contributed by atoms with E-state index in [1.807, 2.05) is 6.07 Å². The number of benzene rings is 2. The summed E-state index contributed by atoms with van der Waals surface area (Å²) in [5, 5.41) is 11.5. The molecule has 7 nitrogen and oxygen atoms in total. The quantitative estimate of drug-likeness (QED) is 0.770. The van der Waals surface area contributed by atoms with Gasteiger partial charge in [-0.2, -0.15) is 5.26 Å². The summed E-state index contributed by atoms with van der Waals surface area (Å²) < 4.78 is 31.1. The molecule has 0 aliphatic rings. The number of sulfonamides is 1. The molecule has 0 spiro atoms. The summed E-state index contributed by atoms with van der Waals surface area (Å²) in [6.45, 7) is 0. The summed E-state index contributed by atoms with van der Waals surface area (Å²) >= 11 is 0. The number of carbonyl (C=O) groups excluding carboxylic acids is 1. The average molecular weight is 385 g/mol. The number of nitrogens with one attached hydrogen (secondary N) is 1. The van der Waals surface area contributed by atoms with Crippen LogP contribution in [0.1, 0.15) is 11.1 Å². The van der Waals surface area contributed by atoms with Crippen LogP contribution >= 0.6 is 0 Å². The summed E-state index contributed by atoms with van der Waals surface area (Å²) in [6.07, 6.45) is 2.78. The number of anilines is 1. The Hall–Kier alpha value is -3.15. The van der Waals surface area contributed by atoms with Crippen LogP contribution in [0.2, 0.25) is 0 Å². The fraction of sp³-hybridized carbons (Fsp3) is 0.158. The zero-order valence-electron chi connectivity index (χ0n) is 15.1. The number of ether oxygens (including phenoxy) is 1. The van der Waals surface area contributed by atoms with E-state index in [9.17, 15) is 13.2 Å². The van der Waals surface area contributed by atoms with Gasteiger partial charge in [0.1, 0.15) is 10.6 Å². The topological polar surface area (TPSA) is 99.5 Å². The maximum absolute atomic E-state index is 12.4. The molecule has 0 saturated heterocycles. The lowest BCUT2D eigenvalue weighted by molar-refractivity contribution is -0.111. The van der Waals surface area contributed by atoms with Crippen molar-refractivity contribution in [2.24, 2.45) is 0 Å². The Morgan fingerprint density at radius 3 is 2.59 bits per heavy atom. The molecule has 2 aromatic rings. The Kier molecular flexibility index (Phi) is 6.34. The van der Waals surface area contributed by atoms with Gasteiger partial charge in [0.2, 0.25) is 15.9 Å². The lowest BCUT2D eigenvalue weighted by Crippen LogP contribution is -2.22. The summed E-state index contributed by atoms with van der Waals surface area (Å²) in [6, 6.07) is 13.1. The maximum Gasteiger partial charge on any atom is 0.248 e. The van der Waals surface area contributed by atoms with Crippen LogP contribution < -0.4 is 10.1 Å². The number of amides is 1. The van der Waals surface area contributed by atoms with Gasteiger partial charge in [-0.15, -0.1) is 0 Å². The molecule has 1 amide bonds. The minimum atomic E-state index is -3.69. The van der Waals surface area contributed by atoms with E-state index < -0.39 is 15.9 Å². The Morgan fingerprint density at radius 2 is 1.96 bits per heavy atom. The van der Waals surface area contributed by atoms with Crippen molar-refractivity contribution in [3.05, 3.63) is 59.7 Å². The molecule has 0 aliphatic carbocycles. The van der Waals surface area contributed by atoms with Crippen LogP contribution in [0.4, 0.5) is 5.69 Å². The highest BCUT2D eigenvalue weighted by atomic mass is 32.2. The number of methoxy groups -OCH3 is 1. The van der Waals surface area contributed by atoms with E-state index in [4.69, 9.17) is 10.00 Å². The molecule has 0 heterocycles. The third-order valence-corrected chi connectivity index (χ3v) is 5.47. The van der Waals surface area contributed by atoms with Gasteiger partial charge in [-0.3, -0.25) is 4.79 Å². The highest BCUT2D eigenvalue weighted by Crippen LogP contribution is 2.27. The van der Waals surface area contributed by atoms with E-state index in [1.165, 1.54) is 45.5 Å². The maximum atomic E-state index is 12.4. The Balaban J connectivity index is 2.24. The molecule has 0 bridgehead atoms. The van der Waals surface area contributed by atoms with Gasteiger partial charge in [-0.05, 0) is 42.0 Å². The van der Waals surface area contributed by atoms with Gasteiger partial charge in [0.15, 0.2) is 0 Å². The van der Waals surface area contributed by atoms with Crippen LogP contribution in [0.25, 0.3) is 6.08 Å². The standard InChI is InChI=1S/C19H19N3O4S/c1-22(2)27(24,25)18-12-14(7-9-17(18)26-3)8-10-19(23)21-16-6-4-5-15(11-16)13-20/h4-12H,1-3H3,(H,21,23)/b10-8+. The second kappa shape index (κ2) is 8.49.